The van der Waals surface area contributed by atoms with E-state index >= 15 is 0 Å². The summed E-state index contributed by atoms with van der Waals surface area (Å²) in [6.45, 7) is 3.98. The van der Waals surface area contributed by atoms with Gasteiger partial charge in [-0.2, -0.15) is 5.10 Å². The third-order valence-corrected chi connectivity index (χ3v) is 3.19. The number of hydrogen-bond donors (Lipinski definition) is 2. The molecule has 0 saturated heterocycles. The topological polar surface area (TPSA) is 72.4 Å². The number of carbonyl (C=O) groups excluding carboxylic acids is 1. The minimum absolute atomic E-state index is 0.687. The van der Waals surface area contributed by atoms with Gasteiger partial charge in [0.1, 0.15) is 0 Å². The van der Waals surface area contributed by atoms with Crippen molar-refractivity contribution in [1.29, 1.82) is 0 Å². The number of benzene rings is 1. The van der Waals surface area contributed by atoms with Crippen LogP contribution in [-0.4, -0.2) is 16.8 Å². The molecule has 0 aliphatic heterocycles. The molecular formula is C14H15ClN4O. The fourth-order valence-corrected chi connectivity index (χ4v) is 2.20. The zero-order valence-electron chi connectivity index (χ0n) is 11.2. The highest BCUT2D eigenvalue weighted by Gasteiger charge is 2.09. The van der Waals surface area contributed by atoms with Crippen LogP contribution in [0.25, 0.3) is 5.69 Å². The maximum Gasteiger partial charge on any atom is 0.332 e. The van der Waals surface area contributed by atoms with Crippen LogP contribution in [-0.2, 0) is 0 Å². The Morgan fingerprint density at radius 2 is 2.00 bits per heavy atom. The Kier molecular flexibility index (Phi) is 4.10. The summed E-state index contributed by atoms with van der Waals surface area (Å²) in [5, 5.41) is 4.48. The number of aryl methyl sites for hydroxylation is 1. The number of nitrogens with two attached hydrogens (primary N) is 1. The molecule has 1 aromatic carbocycles. The predicted molar refractivity (Wildman–Crippen MR) is 80.6 cm³/mol. The maximum atomic E-state index is 10.6. The smallest absolute Gasteiger partial charge is 0.332 e. The minimum atomic E-state index is -0.687. The number of primary amides is 1. The lowest BCUT2D eigenvalue weighted by molar-refractivity contribution is 0.249. The predicted octanol–water partition coefficient (Wildman–Crippen LogP) is 2.75. The average molecular weight is 291 g/mol. The van der Waals surface area contributed by atoms with Crippen molar-refractivity contribution in [3.05, 3.63) is 52.3 Å². The number of carbonyl (C=O) groups is 1. The van der Waals surface area contributed by atoms with Crippen LogP contribution in [0.4, 0.5) is 4.79 Å². The van der Waals surface area contributed by atoms with E-state index < -0.39 is 6.03 Å². The number of aromatic nitrogens is 1. The highest BCUT2D eigenvalue weighted by atomic mass is 35.5. The molecule has 2 rings (SSSR count). The minimum Gasteiger partial charge on any atom is -0.350 e. The largest absolute Gasteiger partial charge is 0.350 e. The number of hydrogen-bond acceptors (Lipinski definition) is 2. The lowest BCUT2D eigenvalue weighted by atomic mass is 10.2. The SMILES string of the molecule is Cc1cc(C=NNC(N)=O)c(C)n1-c1ccc(Cl)cc1. The highest BCUT2D eigenvalue weighted by Crippen LogP contribution is 2.21. The van der Waals surface area contributed by atoms with Gasteiger partial charge in [-0.25, -0.2) is 10.2 Å². The van der Waals surface area contributed by atoms with E-state index in [0.29, 0.717) is 5.02 Å². The summed E-state index contributed by atoms with van der Waals surface area (Å²) in [4.78, 5) is 10.6. The van der Waals surface area contributed by atoms with Gasteiger partial charge in [0.05, 0.1) is 6.21 Å². The molecule has 5 nitrogen and oxygen atoms in total. The van der Waals surface area contributed by atoms with Crippen LogP contribution in [0.1, 0.15) is 17.0 Å². The molecule has 104 valence electrons. The molecule has 1 heterocycles. The average Bonchev–Trinajstić information content (AvgIpc) is 2.66. The number of amides is 2. The van der Waals surface area contributed by atoms with Crippen molar-refractivity contribution in [3.63, 3.8) is 0 Å². The molecule has 1 aromatic heterocycles. The number of urea groups is 1. The fraction of sp³-hybridized carbons (Fsp3) is 0.143. The third kappa shape index (κ3) is 3.00. The summed E-state index contributed by atoms with van der Waals surface area (Å²) in [5.74, 6) is 0. The quantitative estimate of drug-likeness (QED) is 0.662. The summed E-state index contributed by atoms with van der Waals surface area (Å²) in [6, 6.07) is 8.88. The highest BCUT2D eigenvalue weighted by molar-refractivity contribution is 6.30. The molecule has 0 fully saturated rings. The molecular weight excluding hydrogens is 276 g/mol. The molecule has 0 saturated carbocycles. The number of hydrazone groups is 1. The zero-order chi connectivity index (χ0) is 14.7. The van der Waals surface area contributed by atoms with Gasteiger partial charge in [0.15, 0.2) is 0 Å². The Morgan fingerprint density at radius 3 is 2.60 bits per heavy atom. The second-order valence-electron chi connectivity index (χ2n) is 4.37. The van der Waals surface area contributed by atoms with Crippen LogP contribution in [0.5, 0.6) is 0 Å². The lowest BCUT2D eigenvalue weighted by Gasteiger charge is -2.09. The van der Waals surface area contributed by atoms with Crippen molar-refractivity contribution in [1.82, 2.24) is 9.99 Å². The Bertz CT molecular complexity index is 659. The van der Waals surface area contributed by atoms with Crippen molar-refractivity contribution in [2.24, 2.45) is 10.8 Å². The molecule has 6 heteroatoms. The van der Waals surface area contributed by atoms with Gasteiger partial charge in [0, 0.05) is 27.7 Å². The molecule has 0 unspecified atom stereocenters. The summed E-state index contributed by atoms with van der Waals surface area (Å²) in [7, 11) is 0. The first-order chi connectivity index (χ1) is 9.49. The van der Waals surface area contributed by atoms with E-state index in [9.17, 15) is 4.79 Å². The third-order valence-electron chi connectivity index (χ3n) is 2.93. The Hall–Kier alpha value is -2.27. The Labute approximate surface area is 122 Å². The molecule has 0 radical (unpaired) electrons. The van der Waals surface area contributed by atoms with E-state index in [1.54, 1.807) is 6.21 Å². The van der Waals surface area contributed by atoms with Gasteiger partial charge in [0.25, 0.3) is 0 Å². The molecule has 2 aromatic rings. The van der Waals surface area contributed by atoms with Gasteiger partial charge in [0.2, 0.25) is 0 Å². The first-order valence-electron chi connectivity index (χ1n) is 6.02. The van der Waals surface area contributed by atoms with Crippen LogP contribution in [0.2, 0.25) is 5.02 Å². The summed E-state index contributed by atoms with van der Waals surface area (Å²) in [6.07, 6.45) is 1.57. The van der Waals surface area contributed by atoms with Crippen molar-refractivity contribution < 1.29 is 4.79 Å². The van der Waals surface area contributed by atoms with E-state index in [0.717, 1.165) is 22.6 Å². The standard InChI is InChI=1S/C14H15ClN4O/c1-9-7-11(8-17-18-14(16)20)10(2)19(9)13-5-3-12(15)4-6-13/h3-8H,1-2H3,(H3,16,18,20). The van der Waals surface area contributed by atoms with E-state index in [1.807, 2.05) is 44.2 Å². The summed E-state index contributed by atoms with van der Waals surface area (Å²) in [5.41, 5.74) is 11.1. The normalized spacial score (nSPS) is 10.9. The number of rotatable bonds is 3. The van der Waals surface area contributed by atoms with Crippen LogP contribution in [0.15, 0.2) is 35.4 Å². The lowest BCUT2D eigenvalue weighted by Crippen LogP contribution is -2.24. The van der Waals surface area contributed by atoms with Crippen molar-refractivity contribution in [2.75, 3.05) is 0 Å². The van der Waals surface area contributed by atoms with E-state index in [4.69, 9.17) is 17.3 Å². The van der Waals surface area contributed by atoms with Crippen LogP contribution in [0.3, 0.4) is 0 Å². The molecule has 0 atom stereocenters. The molecule has 0 aliphatic rings. The number of halogens is 1. The Morgan fingerprint density at radius 1 is 1.35 bits per heavy atom. The number of nitrogens with one attached hydrogen (secondary N) is 1. The summed E-state index contributed by atoms with van der Waals surface area (Å²) >= 11 is 5.90. The van der Waals surface area contributed by atoms with Crippen LogP contribution < -0.4 is 11.2 Å². The van der Waals surface area contributed by atoms with Crippen LogP contribution >= 0.6 is 11.6 Å². The fourth-order valence-electron chi connectivity index (χ4n) is 2.07. The number of nitrogens with zero attached hydrogens (tertiary/aromatic N) is 2. The second kappa shape index (κ2) is 5.79. The molecule has 0 spiro atoms. The van der Waals surface area contributed by atoms with E-state index in [1.165, 1.54) is 0 Å². The molecule has 0 aliphatic carbocycles. The first kappa shape index (κ1) is 14.1. The Balaban J connectivity index is 2.36. The van der Waals surface area contributed by atoms with Gasteiger partial charge >= 0.3 is 6.03 Å². The zero-order valence-corrected chi connectivity index (χ0v) is 12.0. The summed E-state index contributed by atoms with van der Waals surface area (Å²) < 4.78 is 2.09. The van der Waals surface area contributed by atoms with Gasteiger partial charge in [-0.1, -0.05) is 11.6 Å². The molecule has 2 amide bonds. The van der Waals surface area contributed by atoms with E-state index in [-0.39, 0.29) is 0 Å². The van der Waals surface area contributed by atoms with Gasteiger partial charge in [-0.3, -0.25) is 0 Å². The molecule has 0 bridgehead atoms. The van der Waals surface area contributed by atoms with Crippen molar-refractivity contribution in [3.8, 4) is 5.69 Å². The van der Waals surface area contributed by atoms with Crippen molar-refractivity contribution >= 4 is 23.8 Å². The van der Waals surface area contributed by atoms with Crippen LogP contribution in [0, 0.1) is 13.8 Å². The van der Waals surface area contributed by atoms with Crippen molar-refractivity contribution in [2.45, 2.75) is 13.8 Å². The molecule has 3 N–H and O–H groups in total. The maximum absolute atomic E-state index is 10.6. The monoisotopic (exact) mass is 290 g/mol. The van der Waals surface area contributed by atoms with Gasteiger partial charge in [-0.15, -0.1) is 0 Å². The van der Waals surface area contributed by atoms with Gasteiger partial charge in [-0.05, 0) is 44.2 Å². The van der Waals surface area contributed by atoms with E-state index in [2.05, 4.69) is 15.1 Å². The molecule has 20 heavy (non-hydrogen) atoms. The first-order valence-corrected chi connectivity index (χ1v) is 6.40. The second-order valence-corrected chi connectivity index (χ2v) is 4.81. The van der Waals surface area contributed by atoms with Gasteiger partial charge < -0.3 is 10.3 Å².